The summed E-state index contributed by atoms with van der Waals surface area (Å²) in [6, 6.07) is 4.51. The summed E-state index contributed by atoms with van der Waals surface area (Å²) >= 11 is 0. The lowest BCUT2D eigenvalue weighted by Gasteiger charge is -2.24. The van der Waals surface area contributed by atoms with Gasteiger partial charge in [-0.3, -0.25) is 4.79 Å². The molecule has 2 aromatic rings. The monoisotopic (exact) mass is 290 g/mol. The predicted molar refractivity (Wildman–Crippen MR) is 74.5 cm³/mol. The number of benzene rings is 1. The average Bonchev–Trinajstić information content (AvgIpc) is 2.90. The second-order valence-corrected chi connectivity index (χ2v) is 4.96. The molecule has 1 aliphatic rings. The number of tetrazole rings is 1. The Hall–Kier alpha value is -2.51. The molecule has 21 heavy (non-hydrogen) atoms. The molecule has 0 spiro atoms. The van der Waals surface area contributed by atoms with Gasteiger partial charge in [-0.15, -0.1) is 5.10 Å². The van der Waals surface area contributed by atoms with Crippen molar-refractivity contribution in [2.24, 2.45) is 0 Å². The number of carbonyl (C=O) groups excluding carboxylic acids is 1. The fraction of sp³-hybridized carbons (Fsp3) is 0.385. The molecule has 0 unspecified atom stereocenters. The van der Waals surface area contributed by atoms with Crippen molar-refractivity contribution in [2.75, 3.05) is 29.9 Å². The number of carbonyl (C=O) groups is 1. The summed E-state index contributed by atoms with van der Waals surface area (Å²) < 4.78 is 14.9. The SMILES string of the molecule is CN1CCCN(C(=O)Cn2cnnn2)c2cc(F)ccc21. The predicted octanol–water partition coefficient (Wildman–Crippen LogP) is 0.685. The van der Waals surface area contributed by atoms with Gasteiger partial charge in [0, 0.05) is 20.1 Å². The van der Waals surface area contributed by atoms with Crippen LogP contribution in [-0.2, 0) is 11.3 Å². The van der Waals surface area contributed by atoms with Crippen LogP contribution in [0.25, 0.3) is 0 Å². The summed E-state index contributed by atoms with van der Waals surface area (Å²) in [6.45, 7) is 1.39. The van der Waals surface area contributed by atoms with Crippen molar-refractivity contribution in [1.29, 1.82) is 0 Å². The number of anilines is 2. The number of fused-ring (bicyclic) bond motifs is 1. The molecule has 1 aromatic carbocycles. The molecule has 1 aromatic heterocycles. The highest BCUT2D eigenvalue weighted by Gasteiger charge is 2.24. The van der Waals surface area contributed by atoms with E-state index in [0.29, 0.717) is 12.2 Å². The third-order valence-corrected chi connectivity index (χ3v) is 3.50. The van der Waals surface area contributed by atoms with Crippen molar-refractivity contribution in [3.63, 3.8) is 0 Å². The van der Waals surface area contributed by atoms with E-state index in [9.17, 15) is 9.18 Å². The van der Waals surface area contributed by atoms with Crippen LogP contribution in [0, 0.1) is 5.82 Å². The summed E-state index contributed by atoms with van der Waals surface area (Å²) in [5, 5.41) is 10.7. The quantitative estimate of drug-likeness (QED) is 0.814. The minimum absolute atomic E-state index is 0.0344. The second-order valence-electron chi connectivity index (χ2n) is 4.96. The Morgan fingerprint density at radius 3 is 2.95 bits per heavy atom. The van der Waals surface area contributed by atoms with Gasteiger partial charge in [0.25, 0.3) is 0 Å². The highest BCUT2D eigenvalue weighted by molar-refractivity contribution is 5.97. The first-order chi connectivity index (χ1) is 10.1. The number of halogens is 1. The first-order valence-corrected chi connectivity index (χ1v) is 6.67. The third-order valence-electron chi connectivity index (χ3n) is 3.50. The summed E-state index contributed by atoms with van der Waals surface area (Å²) in [5.41, 5.74) is 1.44. The number of amides is 1. The van der Waals surface area contributed by atoms with Gasteiger partial charge in [0.2, 0.25) is 5.91 Å². The van der Waals surface area contributed by atoms with Crippen LogP contribution in [0.4, 0.5) is 15.8 Å². The smallest absolute Gasteiger partial charge is 0.248 e. The molecule has 0 bridgehead atoms. The summed E-state index contributed by atoms with van der Waals surface area (Å²) in [5.74, 6) is -0.520. The van der Waals surface area contributed by atoms with Crippen molar-refractivity contribution >= 4 is 17.3 Å². The highest BCUT2D eigenvalue weighted by atomic mass is 19.1. The number of nitrogens with zero attached hydrogens (tertiary/aromatic N) is 6. The minimum atomic E-state index is -0.357. The van der Waals surface area contributed by atoms with Crippen LogP contribution in [0.3, 0.4) is 0 Å². The minimum Gasteiger partial charge on any atom is -0.373 e. The van der Waals surface area contributed by atoms with Crippen LogP contribution in [0.1, 0.15) is 6.42 Å². The van der Waals surface area contributed by atoms with Crippen LogP contribution in [0.15, 0.2) is 24.5 Å². The van der Waals surface area contributed by atoms with E-state index in [4.69, 9.17) is 0 Å². The van der Waals surface area contributed by atoms with E-state index in [1.807, 2.05) is 11.9 Å². The van der Waals surface area contributed by atoms with E-state index in [1.165, 1.54) is 23.1 Å². The maximum atomic E-state index is 13.6. The molecule has 0 aliphatic carbocycles. The molecule has 0 atom stereocenters. The average molecular weight is 290 g/mol. The lowest BCUT2D eigenvalue weighted by atomic mass is 10.2. The second kappa shape index (κ2) is 5.47. The number of aromatic nitrogens is 4. The van der Waals surface area contributed by atoms with Crippen molar-refractivity contribution in [1.82, 2.24) is 20.2 Å². The van der Waals surface area contributed by atoms with Crippen molar-refractivity contribution in [2.45, 2.75) is 13.0 Å². The van der Waals surface area contributed by atoms with E-state index in [2.05, 4.69) is 15.5 Å². The molecular formula is C13H15FN6O. The van der Waals surface area contributed by atoms with Gasteiger partial charge < -0.3 is 9.80 Å². The lowest BCUT2D eigenvalue weighted by molar-refractivity contribution is -0.119. The van der Waals surface area contributed by atoms with Crippen LogP contribution in [-0.4, -0.2) is 46.3 Å². The zero-order chi connectivity index (χ0) is 14.8. The normalized spacial score (nSPS) is 14.8. The van der Waals surface area contributed by atoms with Crippen molar-refractivity contribution in [3.05, 3.63) is 30.3 Å². The van der Waals surface area contributed by atoms with Crippen LogP contribution < -0.4 is 9.80 Å². The van der Waals surface area contributed by atoms with Gasteiger partial charge in [-0.05, 0) is 35.0 Å². The van der Waals surface area contributed by atoms with Gasteiger partial charge in [0.15, 0.2) is 0 Å². The summed E-state index contributed by atoms with van der Waals surface area (Å²) in [7, 11) is 1.94. The number of hydrogen-bond acceptors (Lipinski definition) is 5. The Morgan fingerprint density at radius 1 is 1.33 bits per heavy atom. The molecule has 0 saturated heterocycles. The number of rotatable bonds is 2. The molecule has 2 heterocycles. The third kappa shape index (κ3) is 2.69. The Bertz CT molecular complexity index is 644. The fourth-order valence-electron chi connectivity index (χ4n) is 2.48. The van der Waals surface area contributed by atoms with E-state index in [0.717, 1.165) is 18.7 Å². The van der Waals surface area contributed by atoms with Gasteiger partial charge in [-0.1, -0.05) is 0 Å². The van der Waals surface area contributed by atoms with Crippen LogP contribution in [0.5, 0.6) is 0 Å². The fourth-order valence-corrected chi connectivity index (χ4v) is 2.48. The van der Waals surface area contributed by atoms with Gasteiger partial charge in [0.05, 0.1) is 11.4 Å². The standard InChI is InChI=1S/C13H15FN6O/c1-18-5-2-6-20(12-7-10(14)3-4-11(12)18)13(21)8-19-9-15-16-17-19/h3-4,7,9H,2,5-6,8H2,1H3. The van der Waals surface area contributed by atoms with Crippen LogP contribution >= 0.6 is 0 Å². The largest absolute Gasteiger partial charge is 0.373 e. The Labute approximate surface area is 121 Å². The van der Waals surface area contributed by atoms with Gasteiger partial charge in [-0.25, -0.2) is 9.07 Å². The molecule has 1 aliphatic heterocycles. The summed E-state index contributed by atoms with van der Waals surface area (Å²) in [6.07, 6.45) is 2.20. The molecule has 0 radical (unpaired) electrons. The molecule has 8 heteroatoms. The van der Waals surface area contributed by atoms with Crippen molar-refractivity contribution < 1.29 is 9.18 Å². The maximum absolute atomic E-state index is 13.6. The molecular weight excluding hydrogens is 275 g/mol. The Balaban J connectivity index is 1.93. The molecule has 7 nitrogen and oxygen atoms in total. The van der Waals surface area contributed by atoms with Crippen molar-refractivity contribution in [3.8, 4) is 0 Å². The molecule has 3 rings (SSSR count). The maximum Gasteiger partial charge on any atom is 0.248 e. The van der Waals surface area contributed by atoms with Gasteiger partial charge in [-0.2, -0.15) is 0 Å². The van der Waals surface area contributed by atoms with Gasteiger partial charge in [0.1, 0.15) is 18.7 Å². The first-order valence-electron chi connectivity index (χ1n) is 6.67. The molecule has 0 saturated carbocycles. The molecule has 110 valence electrons. The molecule has 0 fully saturated rings. The lowest BCUT2D eigenvalue weighted by Crippen LogP contribution is -2.34. The van der Waals surface area contributed by atoms with E-state index >= 15 is 0 Å². The van der Waals surface area contributed by atoms with Gasteiger partial charge >= 0.3 is 0 Å². The van der Waals surface area contributed by atoms with E-state index in [1.54, 1.807) is 11.0 Å². The highest BCUT2D eigenvalue weighted by Crippen LogP contribution is 2.32. The molecule has 1 amide bonds. The Morgan fingerprint density at radius 2 is 2.19 bits per heavy atom. The van der Waals surface area contributed by atoms with E-state index < -0.39 is 0 Å². The summed E-state index contributed by atoms with van der Waals surface area (Å²) in [4.78, 5) is 16.1. The topological polar surface area (TPSA) is 67.2 Å². The van der Waals surface area contributed by atoms with E-state index in [-0.39, 0.29) is 18.3 Å². The Kier molecular flexibility index (Phi) is 3.51. The number of hydrogen-bond donors (Lipinski definition) is 0. The van der Waals surface area contributed by atoms with Crippen LogP contribution in [0.2, 0.25) is 0 Å². The zero-order valence-electron chi connectivity index (χ0n) is 11.6. The first kappa shape index (κ1) is 13.5. The zero-order valence-corrected chi connectivity index (χ0v) is 11.6. The molecule has 0 N–H and O–H groups in total.